The van der Waals surface area contributed by atoms with Gasteiger partial charge in [0.15, 0.2) is 0 Å². The molecule has 0 atom stereocenters. The molecule has 0 aromatic heterocycles. The van der Waals surface area contributed by atoms with Gasteiger partial charge in [0.25, 0.3) is 0 Å². The smallest absolute Gasteiger partial charge is 0.00598 e. The summed E-state index contributed by atoms with van der Waals surface area (Å²) in [7, 11) is 0. The highest BCUT2D eigenvalue weighted by molar-refractivity contribution is 7.99. The minimum absolute atomic E-state index is 1.02. The van der Waals surface area contributed by atoms with Gasteiger partial charge >= 0.3 is 0 Å². The van der Waals surface area contributed by atoms with Gasteiger partial charge in [-0.05, 0) is 35.9 Å². The number of thioether (sulfide) groups is 1. The zero-order chi connectivity index (χ0) is 6.95. The van der Waals surface area contributed by atoms with Crippen molar-refractivity contribution in [2.24, 2.45) is 0 Å². The first-order valence-electron chi connectivity index (χ1n) is 3.21. The van der Waals surface area contributed by atoms with Crippen LogP contribution >= 0.6 is 37.0 Å². The molecule has 9 heavy (non-hydrogen) atoms. The average Bonchev–Trinajstić information content (AvgIpc) is 1.89. The van der Waals surface area contributed by atoms with Crippen LogP contribution in [0.3, 0.4) is 0 Å². The minimum atomic E-state index is 1.02. The lowest BCUT2D eigenvalue weighted by molar-refractivity contribution is 1.10. The van der Waals surface area contributed by atoms with E-state index in [1.807, 2.05) is 11.8 Å². The molecule has 0 N–H and O–H groups in total. The third-order valence-electron chi connectivity index (χ3n) is 0.894. The van der Waals surface area contributed by atoms with Gasteiger partial charge < -0.3 is 0 Å². The van der Waals surface area contributed by atoms with Gasteiger partial charge in [-0.25, -0.2) is 0 Å². The first kappa shape index (κ1) is 10.0. The summed E-state index contributed by atoms with van der Waals surface area (Å²) in [5.41, 5.74) is 0. The van der Waals surface area contributed by atoms with Crippen LogP contribution < -0.4 is 0 Å². The summed E-state index contributed by atoms with van der Waals surface area (Å²) in [4.78, 5) is 0. The topological polar surface area (TPSA) is 0 Å². The maximum absolute atomic E-state index is 4.12. The fraction of sp³-hybridized carbons (Fsp3) is 1.00. The molecule has 0 saturated carbocycles. The van der Waals surface area contributed by atoms with Crippen molar-refractivity contribution in [1.29, 1.82) is 0 Å². The number of hydrogen-bond acceptors (Lipinski definition) is 3. The second-order valence-corrected chi connectivity index (χ2v) is 3.89. The molecule has 0 bridgehead atoms. The van der Waals surface area contributed by atoms with Crippen molar-refractivity contribution in [3.8, 4) is 0 Å². The van der Waals surface area contributed by atoms with Crippen LogP contribution in [-0.4, -0.2) is 23.0 Å². The van der Waals surface area contributed by atoms with Crippen LogP contribution in [0, 0.1) is 0 Å². The van der Waals surface area contributed by atoms with Crippen LogP contribution in [-0.2, 0) is 0 Å². The van der Waals surface area contributed by atoms with Gasteiger partial charge in [0, 0.05) is 0 Å². The molecule has 0 aliphatic carbocycles. The Kier molecular flexibility index (Phi) is 10.1. The molecule has 56 valence electrons. The third-order valence-corrected chi connectivity index (χ3v) is 2.68. The third kappa shape index (κ3) is 9.05. The van der Waals surface area contributed by atoms with E-state index in [0.29, 0.717) is 0 Å². The van der Waals surface area contributed by atoms with Gasteiger partial charge in [0.05, 0.1) is 0 Å². The van der Waals surface area contributed by atoms with E-state index in [-0.39, 0.29) is 0 Å². The van der Waals surface area contributed by atoms with E-state index in [0.717, 1.165) is 11.5 Å². The van der Waals surface area contributed by atoms with Crippen LogP contribution in [0.1, 0.15) is 12.8 Å². The molecule has 0 nitrogen and oxygen atoms in total. The molecular formula is C6H14S3. The summed E-state index contributed by atoms with van der Waals surface area (Å²) in [6, 6.07) is 0. The Morgan fingerprint density at radius 1 is 0.889 bits per heavy atom. The van der Waals surface area contributed by atoms with Crippen molar-refractivity contribution < 1.29 is 0 Å². The molecule has 0 aliphatic rings. The summed E-state index contributed by atoms with van der Waals surface area (Å²) >= 11 is 10.2. The monoisotopic (exact) mass is 182 g/mol. The summed E-state index contributed by atoms with van der Waals surface area (Å²) in [5, 5.41) is 0. The number of thiol groups is 2. The molecule has 0 saturated heterocycles. The van der Waals surface area contributed by atoms with E-state index in [2.05, 4.69) is 25.3 Å². The van der Waals surface area contributed by atoms with E-state index in [4.69, 9.17) is 0 Å². The van der Waals surface area contributed by atoms with Crippen LogP contribution in [0.4, 0.5) is 0 Å². The maximum Gasteiger partial charge on any atom is -0.00598 e. The van der Waals surface area contributed by atoms with Gasteiger partial charge in [-0.2, -0.15) is 37.0 Å². The molecule has 0 unspecified atom stereocenters. The Labute approximate surface area is 73.0 Å². The molecule has 0 aromatic rings. The second-order valence-electron chi connectivity index (χ2n) is 1.77. The van der Waals surface area contributed by atoms with Crippen molar-refractivity contribution in [1.82, 2.24) is 0 Å². The zero-order valence-corrected chi connectivity index (χ0v) is 8.15. The first-order chi connectivity index (χ1) is 4.41. The SMILES string of the molecule is SCCCSCCCS. The molecular weight excluding hydrogens is 168 g/mol. The van der Waals surface area contributed by atoms with Gasteiger partial charge in [-0.1, -0.05) is 0 Å². The van der Waals surface area contributed by atoms with E-state index < -0.39 is 0 Å². The first-order valence-corrected chi connectivity index (χ1v) is 5.63. The highest BCUT2D eigenvalue weighted by atomic mass is 32.2. The van der Waals surface area contributed by atoms with Crippen molar-refractivity contribution in [2.45, 2.75) is 12.8 Å². The standard InChI is InChI=1S/C6H14S3/c7-3-1-5-9-6-2-4-8/h7-8H,1-6H2. The number of hydrogen-bond donors (Lipinski definition) is 2. The lowest BCUT2D eigenvalue weighted by Crippen LogP contribution is -1.85. The Morgan fingerprint density at radius 2 is 1.33 bits per heavy atom. The normalized spacial score (nSPS) is 10.0. The Bertz CT molecular complexity index is 41.6. The molecule has 0 amide bonds. The van der Waals surface area contributed by atoms with Gasteiger partial charge in [-0.3, -0.25) is 0 Å². The predicted molar refractivity (Wildman–Crippen MR) is 54.3 cm³/mol. The highest BCUT2D eigenvalue weighted by Crippen LogP contribution is 2.04. The van der Waals surface area contributed by atoms with E-state index >= 15 is 0 Å². The summed E-state index contributed by atoms with van der Waals surface area (Å²) < 4.78 is 0. The van der Waals surface area contributed by atoms with Crippen molar-refractivity contribution in [2.75, 3.05) is 23.0 Å². The average molecular weight is 182 g/mol. The lowest BCUT2D eigenvalue weighted by Gasteiger charge is -1.95. The molecule has 0 fully saturated rings. The predicted octanol–water partition coefficient (Wildman–Crippen LogP) is 2.36. The van der Waals surface area contributed by atoms with Crippen LogP contribution in [0.5, 0.6) is 0 Å². The summed E-state index contributed by atoms with van der Waals surface area (Å²) in [6.45, 7) is 0. The highest BCUT2D eigenvalue weighted by Gasteiger charge is 1.86. The lowest BCUT2D eigenvalue weighted by atomic mass is 10.6. The second kappa shape index (κ2) is 9.05. The van der Waals surface area contributed by atoms with Gasteiger partial charge in [-0.15, -0.1) is 0 Å². The van der Waals surface area contributed by atoms with Crippen LogP contribution in [0.15, 0.2) is 0 Å². The molecule has 3 heteroatoms. The van der Waals surface area contributed by atoms with E-state index in [1.165, 1.54) is 24.3 Å². The van der Waals surface area contributed by atoms with Gasteiger partial charge in [0.1, 0.15) is 0 Å². The molecule has 0 heterocycles. The molecule has 0 spiro atoms. The van der Waals surface area contributed by atoms with Crippen molar-refractivity contribution >= 4 is 37.0 Å². The Balaban J connectivity index is 2.60. The molecule has 0 aliphatic heterocycles. The molecule has 0 rings (SSSR count). The fourth-order valence-electron chi connectivity index (χ4n) is 0.435. The molecule has 0 aromatic carbocycles. The van der Waals surface area contributed by atoms with Crippen LogP contribution in [0.25, 0.3) is 0 Å². The Morgan fingerprint density at radius 3 is 1.67 bits per heavy atom. The van der Waals surface area contributed by atoms with E-state index in [1.54, 1.807) is 0 Å². The van der Waals surface area contributed by atoms with E-state index in [9.17, 15) is 0 Å². The molecule has 0 radical (unpaired) electrons. The fourth-order valence-corrected chi connectivity index (χ4v) is 2.08. The zero-order valence-electron chi connectivity index (χ0n) is 5.55. The Hall–Kier alpha value is 1.05. The maximum atomic E-state index is 4.12. The summed E-state index contributed by atoms with van der Waals surface area (Å²) in [6.07, 6.45) is 2.47. The minimum Gasteiger partial charge on any atom is -0.179 e. The summed E-state index contributed by atoms with van der Waals surface area (Å²) in [5.74, 6) is 4.57. The number of rotatable bonds is 6. The quantitative estimate of drug-likeness (QED) is 0.470. The van der Waals surface area contributed by atoms with Gasteiger partial charge in [0.2, 0.25) is 0 Å². The van der Waals surface area contributed by atoms with Crippen molar-refractivity contribution in [3.05, 3.63) is 0 Å². The van der Waals surface area contributed by atoms with Crippen LogP contribution in [0.2, 0.25) is 0 Å². The van der Waals surface area contributed by atoms with Crippen molar-refractivity contribution in [3.63, 3.8) is 0 Å². The largest absolute Gasteiger partial charge is 0.179 e.